The number of para-hydroxylation sites is 2. The molecule has 7 aromatic rings. The number of rotatable bonds is 2. The van der Waals surface area contributed by atoms with Crippen LogP contribution in [0.15, 0.2) is 103 Å². The second-order valence-corrected chi connectivity index (χ2v) is 8.06. The van der Waals surface area contributed by atoms with E-state index in [0.29, 0.717) is 0 Å². The van der Waals surface area contributed by atoms with Crippen molar-refractivity contribution in [3.05, 3.63) is 103 Å². The van der Waals surface area contributed by atoms with Gasteiger partial charge in [0.05, 0.1) is 11.0 Å². The lowest BCUT2D eigenvalue weighted by atomic mass is 10.1. The van der Waals surface area contributed by atoms with Crippen molar-refractivity contribution in [3.8, 4) is 16.8 Å². The van der Waals surface area contributed by atoms with E-state index in [1.807, 2.05) is 18.2 Å². The van der Waals surface area contributed by atoms with Crippen LogP contribution in [-0.4, -0.2) is 19.7 Å². The standard InChI is InChI=1S/C28H18N4/c1-2-8-18(9-3-1)19-14-16-20(17-15-19)32-24-13-7-5-11-22(24)26-28(32)27-25(30-31-26)21-10-4-6-12-23(21)29-27/h1-17,29H. The van der Waals surface area contributed by atoms with Gasteiger partial charge in [-0.15, -0.1) is 10.2 Å². The summed E-state index contributed by atoms with van der Waals surface area (Å²) < 4.78 is 2.30. The summed E-state index contributed by atoms with van der Waals surface area (Å²) in [5, 5.41) is 11.5. The van der Waals surface area contributed by atoms with E-state index >= 15 is 0 Å². The van der Waals surface area contributed by atoms with Crippen LogP contribution in [0, 0.1) is 0 Å². The predicted molar refractivity (Wildman–Crippen MR) is 131 cm³/mol. The van der Waals surface area contributed by atoms with E-state index in [1.54, 1.807) is 0 Å². The largest absolute Gasteiger partial charge is 0.351 e. The summed E-state index contributed by atoms with van der Waals surface area (Å²) in [4.78, 5) is 3.61. The first-order chi connectivity index (χ1) is 15.9. The quantitative estimate of drug-likeness (QED) is 0.338. The lowest BCUT2D eigenvalue weighted by Crippen LogP contribution is -1.95. The van der Waals surface area contributed by atoms with Crippen LogP contribution < -0.4 is 0 Å². The van der Waals surface area contributed by atoms with E-state index in [0.717, 1.165) is 49.6 Å². The number of aromatic amines is 1. The summed E-state index contributed by atoms with van der Waals surface area (Å²) in [6.07, 6.45) is 0. The van der Waals surface area contributed by atoms with Crippen LogP contribution in [0.25, 0.3) is 60.7 Å². The molecule has 0 unspecified atom stereocenters. The molecular weight excluding hydrogens is 392 g/mol. The second kappa shape index (κ2) is 6.53. The van der Waals surface area contributed by atoms with Gasteiger partial charge in [0.1, 0.15) is 16.6 Å². The van der Waals surface area contributed by atoms with Gasteiger partial charge >= 0.3 is 0 Å². The second-order valence-electron chi connectivity index (χ2n) is 8.06. The van der Waals surface area contributed by atoms with E-state index in [1.165, 1.54) is 11.1 Å². The smallest absolute Gasteiger partial charge is 0.121 e. The molecule has 3 heterocycles. The number of hydrogen-bond donors (Lipinski definition) is 1. The highest BCUT2D eigenvalue weighted by molar-refractivity contribution is 6.19. The SMILES string of the molecule is c1ccc(-c2ccc(-n3c4ccccc4c4nnc5c6ccccc6[nH]c5c43)cc2)cc1. The molecule has 0 fully saturated rings. The van der Waals surface area contributed by atoms with Crippen molar-refractivity contribution in [1.82, 2.24) is 19.7 Å². The minimum atomic E-state index is 0.901. The molecule has 1 N–H and O–H groups in total. The van der Waals surface area contributed by atoms with Gasteiger partial charge < -0.3 is 9.55 Å². The van der Waals surface area contributed by atoms with Crippen LogP contribution >= 0.6 is 0 Å². The Morgan fingerprint density at radius 3 is 2.06 bits per heavy atom. The zero-order chi connectivity index (χ0) is 21.1. The average Bonchev–Trinajstić information content (AvgIpc) is 3.41. The minimum absolute atomic E-state index is 0.901. The molecule has 4 heteroatoms. The van der Waals surface area contributed by atoms with Crippen LogP contribution in [0.4, 0.5) is 0 Å². The van der Waals surface area contributed by atoms with Crippen LogP contribution in [0.5, 0.6) is 0 Å². The molecule has 4 aromatic carbocycles. The monoisotopic (exact) mass is 410 g/mol. The number of benzene rings is 4. The van der Waals surface area contributed by atoms with Crippen molar-refractivity contribution >= 4 is 43.9 Å². The molecule has 0 aliphatic carbocycles. The van der Waals surface area contributed by atoms with Crippen LogP contribution in [0.1, 0.15) is 0 Å². The summed E-state index contributed by atoms with van der Waals surface area (Å²) in [5.74, 6) is 0. The number of hydrogen-bond acceptors (Lipinski definition) is 2. The predicted octanol–water partition coefficient (Wildman–Crippen LogP) is 6.88. The third-order valence-electron chi connectivity index (χ3n) is 6.25. The van der Waals surface area contributed by atoms with Crippen molar-refractivity contribution < 1.29 is 0 Å². The highest BCUT2D eigenvalue weighted by Crippen LogP contribution is 2.36. The van der Waals surface area contributed by atoms with E-state index < -0.39 is 0 Å². The Morgan fingerprint density at radius 2 is 1.22 bits per heavy atom. The maximum absolute atomic E-state index is 4.68. The number of aromatic nitrogens is 4. The fourth-order valence-corrected chi connectivity index (χ4v) is 4.76. The van der Waals surface area contributed by atoms with Crippen LogP contribution in [0.2, 0.25) is 0 Å². The van der Waals surface area contributed by atoms with Gasteiger partial charge in [-0.1, -0.05) is 78.9 Å². The van der Waals surface area contributed by atoms with Gasteiger partial charge in [-0.05, 0) is 35.4 Å². The Bertz CT molecular complexity index is 1760. The Kier molecular flexibility index (Phi) is 3.52. The minimum Gasteiger partial charge on any atom is -0.351 e. The molecule has 32 heavy (non-hydrogen) atoms. The molecular formula is C28H18N4. The number of fused-ring (bicyclic) bond motifs is 7. The molecule has 0 aliphatic heterocycles. The van der Waals surface area contributed by atoms with E-state index in [-0.39, 0.29) is 0 Å². The first kappa shape index (κ1) is 17.3. The molecule has 4 nitrogen and oxygen atoms in total. The Labute approximate surface area is 183 Å². The van der Waals surface area contributed by atoms with Crippen molar-refractivity contribution in [1.29, 1.82) is 0 Å². The highest BCUT2D eigenvalue weighted by Gasteiger charge is 2.19. The highest BCUT2D eigenvalue weighted by atomic mass is 15.1. The summed E-state index contributed by atoms with van der Waals surface area (Å²) in [6.45, 7) is 0. The summed E-state index contributed by atoms with van der Waals surface area (Å²) in [5.41, 5.74) is 9.58. The molecule has 0 atom stereocenters. The van der Waals surface area contributed by atoms with Gasteiger partial charge in [0.15, 0.2) is 0 Å². The third kappa shape index (κ3) is 2.38. The normalized spacial score (nSPS) is 11.8. The van der Waals surface area contributed by atoms with Gasteiger partial charge in [-0.3, -0.25) is 0 Å². The van der Waals surface area contributed by atoms with Gasteiger partial charge in [0, 0.05) is 22.0 Å². The number of H-pyrrole nitrogens is 1. The molecule has 150 valence electrons. The van der Waals surface area contributed by atoms with Crippen LogP contribution in [-0.2, 0) is 0 Å². The lowest BCUT2D eigenvalue weighted by molar-refractivity contribution is 1.12. The third-order valence-corrected chi connectivity index (χ3v) is 6.25. The molecule has 7 rings (SSSR count). The molecule has 0 saturated carbocycles. The van der Waals surface area contributed by atoms with Crippen LogP contribution in [0.3, 0.4) is 0 Å². The van der Waals surface area contributed by atoms with Gasteiger partial charge in [-0.25, -0.2) is 0 Å². The Morgan fingerprint density at radius 1 is 0.562 bits per heavy atom. The Hall–Kier alpha value is -4.44. The lowest BCUT2D eigenvalue weighted by Gasteiger charge is -2.09. The number of nitrogens with zero attached hydrogens (tertiary/aromatic N) is 3. The van der Waals surface area contributed by atoms with E-state index in [4.69, 9.17) is 0 Å². The first-order valence-electron chi connectivity index (χ1n) is 10.7. The topological polar surface area (TPSA) is 46.5 Å². The average molecular weight is 410 g/mol. The number of nitrogens with one attached hydrogen (secondary N) is 1. The van der Waals surface area contributed by atoms with Crippen molar-refractivity contribution in [2.75, 3.05) is 0 Å². The molecule has 0 aliphatic rings. The summed E-state index contributed by atoms with van der Waals surface area (Å²) in [7, 11) is 0. The molecule has 0 amide bonds. The summed E-state index contributed by atoms with van der Waals surface area (Å²) in [6, 6.07) is 35.9. The molecule has 0 bridgehead atoms. The zero-order valence-corrected chi connectivity index (χ0v) is 17.2. The van der Waals surface area contributed by atoms with Crippen molar-refractivity contribution in [3.63, 3.8) is 0 Å². The molecule has 3 aromatic heterocycles. The zero-order valence-electron chi connectivity index (χ0n) is 17.2. The molecule has 0 saturated heterocycles. The van der Waals surface area contributed by atoms with Gasteiger partial charge in [0.2, 0.25) is 0 Å². The molecule has 0 radical (unpaired) electrons. The van der Waals surface area contributed by atoms with E-state index in [9.17, 15) is 0 Å². The van der Waals surface area contributed by atoms with E-state index in [2.05, 4.69) is 105 Å². The van der Waals surface area contributed by atoms with Gasteiger partial charge in [-0.2, -0.15) is 0 Å². The Balaban J connectivity index is 1.57. The fourth-order valence-electron chi connectivity index (χ4n) is 4.76. The molecule has 0 spiro atoms. The van der Waals surface area contributed by atoms with Gasteiger partial charge in [0.25, 0.3) is 0 Å². The van der Waals surface area contributed by atoms with Crippen molar-refractivity contribution in [2.24, 2.45) is 0 Å². The fraction of sp³-hybridized carbons (Fsp3) is 0. The van der Waals surface area contributed by atoms with Crippen molar-refractivity contribution in [2.45, 2.75) is 0 Å². The maximum Gasteiger partial charge on any atom is 0.121 e. The summed E-state index contributed by atoms with van der Waals surface area (Å²) >= 11 is 0. The first-order valence-corrected chi connectivity index (χ1v) is 10.7. The maximum atomic E-state index is 4.68.